The van der Waals surface area contributed by atoms with E-state index in [0.29, 0.717) is 16.3 Å². The number of halogens is 2. The first-order valence-electron chi connectivity index (χ1n) is 6.04. The van der Waals surface area contributed by atoms with Crippen molar-refractivity contribution in [2.75, 3.05) is 0 Å². The van der Waals surface area contributed by atoms with Crippen molar-refractivity contribution < 1.29 is 9.13 Å². The average molecular weight is 257 g/mol. The van der Waals surface area contributed by atoms with Crippen LogP contribution >= 0.6 is 11.6 Å². The monoisotopic (exact) mass is 256 g/mol. The van der Waals surface area contributed by atoms with Crippen LogP contribution in [0.15, 0.2) is 12.1 Å². The van der Waals surface area contributed by atoms with Crippen LogP contribution in [-0.2, 0) is 5.41 Å². The third-order valence-corrected chi connectivity index (χ3v) is 3.47. The van der Waals surface area contributed by atoms with Gasteiger partial charge in [-0.2, -0.15) is 0 Å². The fraction of sp³-hybridized carbons (Fsp3) is 0.571. The van der Waals surface area contributed by atoms with E-state index in [2.05, 4.69) is 0 Å². The summed E-state index contributed by atoms with van der Waals surface area (Å²) in [4.78, 5) is 0. The Morgan fingerprint density at radius 3 is 2.41 bits per heavy atom. The molecule has 2 rings (SSSR count). The minimum absolute atomic E-state index is 0.215. The summed E-state index contributed by atoms with van der Waals surface area (Å²) >= 11 is 6.14. The van der Waals surface area contributed by atoms with Crippen LogP contribution in [-0.4, -0.2) is 6.10 Å². The van der Waals surface area contributed by atoms with Crippen LogP contribution in [0.3, 0.4) is 0 Å². The molecule has 0 N–H and O–H groups in total. The Balaban J connectivity index is 2.27. The predicted molar refractivity (Wildman–Crippen MR) is 68.4 cm³/mol. The molecule has 0 radical (unpaired) electrons. The van der Waals surface area contributed by atoms with Crippen LogP contribution in [0.1, 0.15) is 45.6 Å². The molecule has 1 aliphatic rings. The largest absolute Gasteiger partial charge is 0.489 e. The van der Waals surface area contributed by atoms with Gasteiger partial charge in [-0.15, -0.1) is 0 Å². The van der Waals surface area contributed by atoms with Crippen molar-refractivity contribution in [3.63, 3.8) is 0 Å². The summed E-state index contributed by atoms with van der Waals surface area (Å²) in [6.07, 6.45) is 3.48. The van der Waals surface area contributed by atoms with Crippen molar-refractivity contribution in [3.8, 4) is 5.75 Å². The Kier molecular flexibility index (Phi) is 3.35. The van der Waals surface area contributed by atoms with Crippen LogP contribution in [0.5, 0.6) is 5.75 Å². The highest BCUT2D eigenvalue weighted by atomic mass is 35.5. The first-order chi connectivity index (χ1) is 7.88. The number of rotatable bonds is 2. The predicted octanol–water partition coefficient (Wildman–Crippen LogP) is 4.71. The van der Waals surface area contributed by atoms with Crippen molar-refractivity contribution in [1.29, 1.82) is 0 Å². The molecule has 1 aliphatic carbocycles. The van der Waals surface area contributed by atoms with Gasteiger partial charge in [0, 0.05) is 6.07 Å². The van der Waals surface area contributed by atoms with Crippen LogP contribution in [0.4, 0.5) is 4.39 Å². The second-order valence-corrected chi connectivity index (χ2v) is 6.09. The van der Waals surface area contributed by atoms with Crippen LogP contribution < -0.4 is 4.74 Å². The molecule has 1 saturated carbocycles. The van der Waals surface area contributed by atoms with Crippen LogP contribution in [0.2, 0.25) is 5.02 Å². The summed E-state index contributed by atoms with van der Waals surface area (Å²) in [6, 6.07) is 3.10. The van der Waals surface area contributed by atoms with Crippen LogP contribution in [0.25, 0.3) is 0 Å². The molecule has 3 heteroatoms. The van der Waals surface area contributed by atoms with Gasteiger partial charge in [0.1, 0.15) is 11.6 Å². The van der Waals surface area contributed by atoms with E-state index in [1.54, 1.807) is 6.07 Å². The number of hydrogen-bond acceptors (Lipinski definition) is 1. The van der Waals surface area contributed by atoms with E-state index in [1.807, 2.05) is 20.8 Å². The lowest BCUT2D eigenvalue weighted by Gasteiger charge is -2.28. The highest BCUT2D eigenvalue weighted by Crippen LogP contribution is 2.36. The number of benzene rings is 1. The van der Waals surface area contributed by atoms with Crippen LogP contribution in [0, 0.1) is 5.82 Å². The van der Waals surface area contributed by atoms with Gasteiger partial charge in [-0.1, -0.05) is 32.4 Å². The summed E-state index contributed by atoms with van der Waals surface area (Å²) < 4.78 is 19.6. The van der Waals surface area contributed by atoms with E-state index < -0.39 is 0 Å². The lowest BCUT2D eigenvalue weighted by atomic mass is 9.86. The molecule has 0 aliphatic heterocycles. The Bertz CT molecular complexity index is 419. The molecule has 0 unspecified atom stereocenters. The van der Waals surface area contributed by atoms with Crippen molar-refractivity contribution in [2.45, 2.75) is 51.6 Å². The molecule has 1 fully saturated rings. The summed E-state index contributed by atoms with van der Waals surface area (Å²) in [5.41, 5.74) is 0.381. The summed E-state index contributed by atoms with van der Waals surface area (Å²) in [5, 5.41) is 0.503. The van der Waals surface area contributed by atoms with Gasteiger partial charge in [-0.3, -0.25) is 0 Å². The van der Waals surface area contributed by atoms with E-state index >= 15 is 0 Å². The number of hydrogen-bond donors (Lipinski definition) is 0. The zero-order chi connectivity index (χ0) is 12.6. The lowest BCUT2D eigenvalue weighted by Crippen LogP contribution is -2.25. The standard InChI is InChI=1S/C14H18ClFO/c1-14(2,3)10-7-11(15)13(8-12(10)16)17-9-5-4-6-9/h7-9H,4-6H2,1-3H3. The number of ether oxygens (including phenoxy) is 1. The minimum Gasteiger partial charge on any atom is -0.489 e. The fourth-order valence-corrected chi connectivity index (χ4v) is 2.07. The summed E-state index contributed by atoms with van der Waals surface area (Å²) in [5.74, 6) is 0.234. The van der Waals surface area contributed by atoms with E-state index in [4.69, 9.17) is 16.3 Å². The smallest absolute Gasteiger partial charge is 0.141 e. The summed E-state index contributed by atoms with van der Waals surface area (Å²) in [7, 11) is 0. The van der Waals surface area contributed by atoms with Gasteiger partial charge < -0.3 is 4.74 Å². The Morgan fingerprint density at radius 2 is 1.94 bits per heavy atom. The zero-order valence-electron chi connectivity index (χ0n) is 10.5. The third-order valence-electron chi connectivity index (χ3n) is 3.18. The van der Waals surface area contributed by atoms with E-state index in [9.17, 15) is 4.39 Å². The van der Waals surface area contributed by atoms with Crippen molar-refractivity contribution in [3.05, 3.63) is 28.5 Å². The molecule has 1 aromatic carbocycles. The molecule has 0 amide bonds. The van der Waals surface area contributed by atoms with E-state index in [1.165, 1.54) is 12.5 Å². The second-order valence-electron chi connectivity index (χ2n) is 5.68. The maximum Gasteiger partial charge on any atom is 0.141 e. The molecule has 0 spiro atoms. The van der Waals surface area contributed by atoms with Gasteiger partial charge in [0.05, 0.1) is 11.1 Å². The van der Waals surface area contributed by atoms with Gasteiger partial charge in [0.2, 0.25) is 0 Å². The van der Waals surface area contributed by atoms with Gasteiger partial charge in [-0.25, -0.2) is 4.39 Å². The maximum atomic E-state index is 14.0. The Hall–Kier alpha value is -0.760. The molecule has 1 nitrogen and oxygen atoms in total. The maximum absolute atomic E-state index is 14.0. The molecular formula is C14H18ClFO. The Labute approximate surface area is 107 Å². The minimum atomic E-state index is -0.247. The highest BCUT2D eigenvalue weighted by molar-refractivity contribution is 6.32. The quantitative estimate of drug-likeness (QED) is 0.745. The molecule has 94 valence electrons. The highest BCUT2D eigenvalue weighted by Gasteiger charge is 2.24. The summed E-state index contributed by atoms with van der Waals surface area (Å²) in [6.45, 7) is 5.90. The first kappa shape index (κ1) is 12.7. The molecule has 0 bridgehead atoms. The molecule has 0 heterocycles. The van der Waals surface area contributed by atoms with Gasteiger partial charge in [-0.05, 0) is 36.3 Å². The fourth-order valence-electron chi connectivity index (χ4n) is 1.86. The van der Waals surface area contributed by atoms with E-state index in [-0.39, 0.29) is 17.3 Å². The van der Waals surface area contributed by atoms with Gasteiger partial charge in [0.25, 0.3) is 0 Å². The van der Waals surface area contributed by atoms with Crippen molar-refractivity contribution in [1.82, 2.24) is 0 Å². The molecule has 0 aromatic heterocycles. The molecule has 17 heavy (non-hydrogen) atoms. The Morgan fingerprint density at radius 1 is 1.29 bits per heavy atom. The lowest BCUT2D eigenvalue weighted by molar-refractivity contribution is 0.120. The molecule has 0 atom stereocenters. The third kappa shape index (κ3) is 2.74. The SMILES string of the molecule is CC(C)(C)c1cc(Cl)c(OC2CCC2)cc1F. The second kappa shape index (κ2) is 4.49. The average Bonchev–Trinajstić information content (AvgIpc) is 2.14. The zero-order valence-corrected chi connectivity index (χ0v) is 11.3. The van der Waals surface area contributed by atoms with E-state index in [0.717, 1.165) is 12.8 Å². The molecular weight excluding hydrogens is 239 g/mol. The van der Waals surface area contributed by atoms with Gasteiger partial charge in [0.15, 0.2) is 0 Å². The normalized spacial score (nSPS) is 16.8. The first-order valence-corrected chi connectivity index (χ1v) is 6.42. The topological polar surface area (TPSA) is 9.23 Å². The van der Waals surface area contributed by atoms with Crippen molar-refractivity contribution >= 4 is 11.6 Å². The van der Waals surface area contributed by atoms with Gasteiger partial charge >= 0.3 is 0 Å². The molecule has 1 aromatic rings. The molecule has 0 saturated heterocycles. The van der Waals surface area contributed by atoms with Crippen molar-refractivity contribution in [2.24, 2.45) is 0 Å².